The predicted octanol–water partition coefficient (Wildman–Crippen LogP) is 1.10. The first kappa shape index (κ1) is 13.4. The summed E-state index contributed by atoms with van der Waals surface area (Å²) in [5.74, 6) is 0.275. The van der Waals surface area contributed by atoms with Gasteiger partial charge in [-0.25, -0.2) is 18.1 Å². The van der Waals surface area contributed by atoms with Gasteiger partial charge in [0.1, 0.15) is 10.7 Å². The molecule has 100 valence electrons. The van der Waals surface area contributed by atoms with Crippen molar-refractivity contribution in [3.63, 3.8) is 0 Å². The van der Waals surface area contributed by atoms with Gasteiger partial charge in [0.25, 0.3) is 0 Å². The van der Waals surface area contributed by atoms with Gasteiger partial charge in [-0.2, -0.15) is 0 Å². The van der Waals surface area contributed by atoms with Crippen molar-refractivity contribution in [3.05, 3.63) is 48.4 Å². The minimum atomic E-state index is -3.63. The van der Waals surface area contributed by atoms with E-state index in [0.29, 0.717) is 5.69 Å². The van der Waals surface area contributed by atoms with Crippen molar-refractivity contribution in [2.24, 2.45) is 0 Å². The lowest BCUT2D eigenvalue weighted by molar-refractivity contribution is 0.563. The predicted molar refractivity (Wildman–Crippen MR) is 71.6 cm³/mol. The van der Waals surface area contributed by atoms with E-state index < -0.39 is 16.1 Å². The Kier molecular flexibility index (Phi) is 3.77. The van der Waals surface area contributed by atoms with Crippen molar-refractivity contribution in [1.29, 1.82) is 0 Å². The fraction of sp³-hybridized carbons (Fsp3) is 0.167. The average Bonchev–Trinajstić information content (AvgIpc) is 2.40. The molecule has 0 aliphatic heterocycles. The van der Waals surface area contributed by atoms with Crippen LogP contribution in [0.25, 0.3) is 0 Å². The van der Waals surface area contributed by atoms with Crippen LogP contribution in [0.2, 0.25) is 0 Å². The molecule has 0 radical (unpaired) electrons. The number of aromatic nitrogens is 2. The molecular formula is C12H14N4O2S. The van der Waals surface area contributed by atoms with Crippen molar-refractivity contribution < 1.29 is 8.42 Å². The standard InChI is InChI=1S/C12H14N4O2S/c1-9(11-4-2-3-7-14-11)16-19(17,18)10-5-6-12(13)15-8-10/h2-9,16H,1H3,(H2,13,15). The minimum Gasteiger partial charge on any atom is -0.384 e. The van der Waals surface area contributed by atoms with E-state index in [1.807, 2.05) is 0 Å². The van der Waals surface area contributed by atoms with Gasteiger partial charge in [-0.3, -0.25) is 4.98 Å². The summed E-state index contributed by atoms with van der Waals surface area (Å²) in [5, 5.41) is 0. The number of anilines is 1. The molecule has 0 amide bonds. The fourth-order valence-corrected chi connectivity index (χ4v) is 2.70. The van der Waals surface area contributed by atoms with Crippen molar-refractivity contribution in [2.75, 3.05) is 5.73 Å². The minimum absolute atomic E-state index is 0.0736. The molecule has 3 N–H and O–H groups in total. The third kappa shape index (κ3) is 3.27. The monoisotopic (exact) mass is 278 g/mol. The molecule has 7 heteroatoms. The molecule has 19 heavy (non-hydrogen) atoms. The molecule has 0 saturated carbocycles. The maximum Gasteiger partial charge on any atom is 0.242 e. The quantitative estimate of drug-likeness (QED) is 0.872. The number of sulfonamides is 1. The SMILES string of the molecule is CC(NS(=O)(=O)c1ccc(N)nc1)c1ccccn1. The summed E-state index contributed by atoms with van der Waals surface area (Å²) in [4.78, 5) is 7.95. The third-order valence-corrected chi connectivity index (χ3v) is 4.06. The molecule has 0 spiro atoms. The summed E-state index contributed by atoms with van der Waals surface area (Å²) in [5.41, 5.74) is 6.07. The molecule has 2 heterocycles. The highest BCUT2D eigenvalue weighted by Crippen LogP contribution is 2.14. The molecule has 0 aliphatic carbocycles. The van der Waals surface area contributed by atoms with E-state index in [1.165, 1.54) is 18.3 Å². The van der Waals surface area contributed by atoms with Gasteiger partial charge in [0, 0.05) is 12.4 Å². The van der Waals surface area contributed by atoms with E-state index >= 15 is 0 Å². The Morgan fingerprint density at radius 1 is 1.21 bits per heavy atom. The number of rotatable bonds is 4. The molecule has 0 aliphatic rings. The molecule has 0 aromatic carbocycles. The van der Waals surface area contributed by atoms with Crippen molar-refractivity contribution >= 4 is 15.8 Å². The van der Waals surface area contributed by atoms with Gasteiger partial charge in [-0.15, -0.1) is 0 Å². The summed E-state index contributed by atoms with van der Waals surface area (Å²) < 4.78 is 26.8. The maximum atomic E-state index is 12.1. The second kappa shape index (κ2) is 5.33. The van der Waals surface area contributed by atoms with E-state index in [9.17, 15) is 8.42 Å². The van der Waals surface area contributed by atoms with E-state index in [-0.39, 0.29) is 10.7 Å². The molecule has 1 atom stereocenters. The molecule has 1 unspecified atom stereocenters. The zero-order chi connectivity index (χ0) is 13.9. The van der Waals surface area contributed by atoms with Crippen LogP contribution in [0, 0.1) is 0 Å². The first-order valence-electron chi connectivity index (χ1n) is 5.64. The van der Waals surface area contributed by atoms with Crippen LogP contribution >= 0.6 is 0 Å². The lowest BCUT2D eigenvalue weighted by atomic mass is 10.2. The number of hydrogen-bond acceptors (Lipinski definition) is 5. The third-order valence-electron chi connectivity index (χ3n) is 2.53. The van der Waals surface area contributed by atoms with E-state index in [2.05, 4.69) is 14.7 Å². The summed E-state index contributed by atoms with van der Waals surface area (Å²) in [7, 11) is -3.63. The zero-order valence-electron chi connectivity index (χ0n) is 10.3. The van der Waals surface area contributed by atoms with Gasteiger partial charge >= 0.3 is 0 Å². The fourth-order valence-electron chi connectivity index (χ4n) is 1.54. The Bertz CT molecular complexity index is 641. The first-order valence-corrected chi connectivity index (χ1v) is 7.12. The van der Waals surface area contributed by atoms with Gasteiger partial charge < -0.3 is 5.73 Å². The Morgan fingerprint density at radius 3 is 2.58 bits per heavy atom. The molecule has 2 aromatic rings. The first-order chi connectivity index (χ1) is 8.99. The van der Waals surface area contributed by atoms with Crippen LogP contribution in [-0.2, 0) is 10.0 Å². The maximum absolute atomic E-state index is 12.1. The summed E-state index contributed by atoms with van der Waals surface area (Å²) >= 11 is 0. The normalized spacial score (nSPS) is 13.1. The summed E-state index contributed by atoms with van der Waals surface area (Å²) in [6.45, 7) is 1.73. The molecule has 2 aromatic heterocycles. The highest BCUT2D eigenvalue weighted by Gasteiger charge is 2.19. The smallest absolute Gasteiger partial charge is 0.242 e. The molecule has 0 saturated heterocycles. The Morgan fingerprint density at radius 2 is 2.00 bits per heavy atom. The van der Waals surface area contributed by atoms with Crippen LogP contribution < -0.4 is 10.5 Å². The number of hydrogen-bond donors (Lipinski definition) is 2. The van der Waals surface area contributed by atoms with Crippen LogP contribution in [0.4, 0.5) is 5.82 Å². The Balaban J connectivity index is 2.20. The largest absolute Gasteiger partial charge is 0.384 e. The zero-order valence-corrected chi connectivity index (χ0v) is 11.1. The number of nitrogens with two attached hydrogens (primary N) is 1. The molecule has 0 fully saturated rings. The van der Waals surface area contributed by atoms with Crippen LogP contribution in [0.3, 0.4) is 0 Å². The number of nitrogens with zero attached hydrogens (tertiary/aromatic N) is 2. The summed E-state index contributed by atoms with van der Waals surface area (Å²) in [6.07, 6.45) is 2.84. The lowest BCUT2D eigenvalue weighted by Gasteiger charge is -2.13. The highest BCUT2D eigenvalue weighted by atomic mass is 32.2. The second-order valence-corrected chi connectivity index (χ2v) is 5.73. The topological polar surface area (TPSA) is 98.0 Å². The molecular weight excluding hydrogens is 264 g/mol. The summed E-state index contributed by atoms with van der Waals surface area (Å²) in [6, 6.07) is 7.76. The van der Waals surface area contributed by atoms with E-state index in [0.717, 1.165) is 0 Å². The van der Waals surface area contributed by atoms with Crippen LogP contribution in [0.5, 0.6) is 0 Å². The van der Waals surface area contributed by atoms with Crippen LogP contribution in [-0.4, -0.2) is 18.4 Å². The van der Waals surface area contributed by atoms with Crippen molar-refractivity contribution in [1.82, 2.24) is 14.7 Å². The highest BCUT2D eigenvalue weighted by molar-refractivity contribution is 7.89. The average molecular weight is 278 g/mol. The Labute approximate surface area is 111 Å². The van der Waals surface area contributed by atoms with Gasteiger partial charge in [0.2, 0.25) is 10.0 Å². The number of nitrogens with one attached hydrogen (secondary N) is 1. The van der Waals surface area contributed by atoms with Crippen LogP contribution in [0.15, 0.2) is 47.6 Å². The van der Waals surface area contributed by atoms with Gasteiger partial charge in [-0.05, 0) is 31.2 Å². The molecule has 2 rings (SSSR count). The van der Waals surface area contributed by atoms with E-state index in [1.54, 1.807) is 31.3 Å². The lowest BCUT2D eigenvalue weighted by Crippen LogP contribution is -2.27. The Hall–Kier alpha value is -1.99. The second-order valence-electron chi connectivity index (χ2n) is 4.02. The number of pyridine rings is 2. The molecule has 0 bridgehead atoms. The molecule has 6 nitrogen and oxygen atoms in total. The number of nitrogen functional groups attached to an aromatic ring is 1. The van der Waals surface area contributed by atoms with Crippen molar-refractivity contribution in [2.45, 2.75) is 17.9 Å². The van der Waals surface area contributed by atoms with Gasteiger partial charge in [-0.1, -0.05) is 6.07 Å². The van der Waals surface area contributed by atoms with Crippen molar-refractivity contribution in [3.8, 4) is 0 Å². The van der Waals surface area contributed by atoms with Crippen LogP contribution in [0.1, 0.15) is 18.7 Å². The van der Waals surface area contributed by atoms with Gasteiger partial charge in [0.15, 0.2) is 0 Å². The van der Waals surface area contributed by atoms with E-state index in [4.69, 9.17) is 5.73 Å². The van der Waals surface area contributed by atoms with Gasteiger partial charge in [0.05, 0.1) is 11.7 Å².